The smallest absolute Gasteiger partial charge is 0.336 e. The number of rotatable bonds is 2. The second-order valence-electron chi connectivity index (χ2n) is 4.74. The first-order valence-corrected chi connectivity index (χ1v) is 6.26. The minimum Gasteiger partial charge on any atom is -0.495 e. The largest absolute Gasteiger partial charge is 0.495 e. The topological polar surface area (TPSA) is 80.6 Å². The summed E-state index contributed by atoms with van der Waals surface area (Å²) in [5.74, 6) is -0.616. The SMILES string of the molecule is COc1ccc(C(=O)O)c2c3c(n(C)c12)C(=O)NCC3. The van der Waals surface area contributed by atoms with Crippen molar-refractivity contribution in [3.63, 3.8) is 0 Å². The summed E-state index contributed by atoms with van der Waals surface area (Å²) in [6.45, 7) is 0.515. The Kier molecular flexibility index (Phi) is 2.67. The summed E-state index contributed by atoms with van der Waals surface area (Å²) in [7, 11) is 3.28. The van der Waals surface area contributed by atoms with Gasteiger partial charge in [0.05, 0.1) is 18.2 Å². The van der Waals surface area contributed by atoms with E-state index in [9.17, 15) is 14.7 Å². The van der Waals surface area contributed by atoms with E-state index in [2.05, 4.69) is 5.32 Å². The molecule has 0 radical (unpaired) electrons. The molecule has 0 spiro atoms. The van der Waals surface area contributed by atoms with Gasteiger partial charge in [-0.25, -0.2) is 4.79 Å². The molecule has 0 saturated heterocycles. The highest BCUT2D eigenvalue weighted by molar-refractivity contribution is 6.11. The quantitative estimate of drug-likeness (QED) is 0.861. The van der Waals surface area contributed by atoms with E-state index in [1.807, 2.05) is 0 Å². The van der Waals surface area contributed by atoms with Crippen LogP contribution < -0.4 is 10.1 Å². The molecule has 6 nitrogen and oxygen atoms in total. The Balaban J connectivity index is 2.51. The van der Waals surface area contributed by atoms with Crippen molar-refractivity contribution in [2.75, 3.05) is 13.7 Å². The number of ether oxygens (including phenoxy) is 1. The lowest BCUT2D eigenvalue weighted by Gasteiger charge is -2.14. The summed E-state index contributed by atoms with van der Waals surface area (Å²) < 4.78 is 7.02. The predicted molar refractivity (Wildman–Crippen MR) is 72.5 cm³/mol. The van der Waals surface area contributed by atoms with E-state index in [0.717, 1.165) is 5.56 Å². The number of carboxylic acid groups (broad SMARTS) is 1. The third-order valence-corrected chi connectivity index (χ3v) is 3.73. The van der Waals surface area contributed by atoms with Crippen LogP contribution in [0.2, 0.25) is 0 Å². The van der Waals surface area contributed by atoms with E-state index >= 15 is 0 Å². The lowest BCUT2D eigenvalue weighted by Crippen LogP contribution is -2.32. The lowest BCUT2D eigenvalue weighted by molar-refractivity contribution is 0.0698. The van der Waals surface area contributed by atoms with Crippen molar-refractivity contribution in [1.29, 1.82) is 0 Å². The van der Waals surface area contributed by atoms with Crippen molar-refractivity contribution in [2.45, 2.75) is 6.42 Å². The van der Waals surface area contributed by atoms with E-state index in [0.29, 0.717) is 35.3 Å². The van der Waals surface area contributed by atoms with Crippen LogP contribution in [0.25, 0.3) is 10.9 Å². The molecule has 1 aliphatic heterocycles. The first-order valence-electron chi connectivity index (χ1n) is 6.26. The summed E-state index contributed by atoms with van der Waals surface area (Å²) >= 11 is 0. The molecule has 1 aromatic heterocycles. The van der Waals surface area contributed by atoms with Crippen molar-refractivity contribution >= 4 is 22.8 Å². The number of benzene rings is 1. The maximum Gasteiger partial charge on any atom is 0.336 e. The van der Waals surface area contributed by atoms with Gasteiger partial charge in [-0.1, -0.05) is 0 Å². The number of hydrogen-bond acceptors (Lipinski definition) is 3. The van der Waals surface area contributed by atoms with Gasteiger partial charge in [-0.2, -0.15) is 0 Å². The number of methoxy groups -OCH3 is 1. The number of hydrogen-bond donors (Lipinski definition) is 2. The molecular weight excluding hydrogens is 260 g/mol. The summed E-state index contributed by atoms with van der Waals surface area (Å²) in [5.41, 5.74) is 2.14. The molecule has 3 rings (SSSR count). The van der Waals surface area contributed by atoms with Crippen molar-refractivity contribution in [3.05, 3.63) is 29.0 Å². The second kappa shape index (κ2) is 4.26. The molecule has 20 heavy (non-hydrogen) atoms. The number of aryl methyl sites for hydroxylation is 1. The zero-order chi connectivity index (χ0) is 14.4. The molecule has 2 heterocycles. The van der Waals surface area contributed by atoms with Gasteiger partial charge in [0.25, 0.3) is 5.91 Å². The molecule has 0 aliphatic carbocycles. The van der Waals surface area contributed by atoms with Crippen LogP contribution in [0.5, 0.6) is 5.75 Å². The monoisotopic (exact) mass is 274 g/mol. The van der Waals surface area contributed by atoms with Gasteiger partial charge in [-0.05, 0) is 24.1 Å². The maximum absolute atomic E-state index is 12.0. The van der Waals surface area contributed by atoms with Gasteiger partial charge in [0, 0.05) is 19.0 Å². The molecule has 1 amide bonds. The molecular formula is C14H14N2O4. The first-order chi connectivity index (χ1) is 9.56. The molecule has 2 N–H and O–H groups in total. The van der Waals surface area contributed by atoms with Crippen LogP contribution in [0.15, 0.2) is 12.1 Å². The molecule has 0 saturated carbocycles. The van der Waals surface area contributed by atoms with Gasteiger partial charge in [0.2, 0.25) is 0 Å². The van der Waals surface area contributed by atoms with E-state index in [1.165, 1.54) is 13.2 Å². The molecule has 6 heteroatoms. The van der Waals surface area contributed by atoms with Crippen molar-refractivity contribution in [1.82, 2.24) is 9.88 Å². The number of carbonyl (C=O) groups is 2. The standard InChI is InChI=1S/C14H14N2O4/c1-16-11-7(5-6-15-13(11)17)10-8(14(18)19)3-4-9(20-2)12(10)16/h3-4H,5-6H2,1-2H3,(H,15,17)(H,18,19). The maximum atomic E-state index is 12.0. The van der Waals surface area contributed by atoms with E-state index < -0.39 is 5.97 Å². The van der Waals surface area contributed by atoms with Crippen molar-refractivity contribution < 1.29 is 19.4 Å². The third-order valence-electron chi connectivity index (χ3n) is 3.73. The molecule has 2 aromatic rings. The zero-order valence-electron chi connectivity index (χ0n) is 11.2. The Morgan fingerprint density at radius 1 is 1.45 bits per heavy atom. The highest BCUT2D eigenvalue weighted by Crippen LogP contribution is 2.36. The number of carboxylic acids is 1. The minimum atomic E-state index is -1.00. The Bertz CT molecular complexity index is 745. The number of carbonyl (C=O) groups excluding carboxylic acids is 1. The number of fused-ring (bicyclic) bond motifs is 3. The summed E-state index contributed by atoms with van der Waals surface area (Å²) in [5, 5.41) is 12.8. The van der Waals surface area contributed by atoms with Gasteiger partial charge in [-0.15, -0.1) is 0 Å². The van der Waals surface area contributed by atoms with Crippen LogP contribution in [0.4, 0.5) is 0 Å². The highest BCUT2D eigenvalue weighted by Gasteiger charge is 2.28. The molecule has 104 valence electrons. The van der Waals surface area contributed by atoms with Crippen LogP contribution in [-0.4, -0.2) is 35.2 Å². The molecule has 0 fully saturated rings. The normalized spacial score (nSPS) is 14.0. The molecule has 0 bridgehead atoms. The Morgan fingerprint density at radius 2 is 2.20 bits per heavy atom. The second-order valence-corrected chi connectivity index (χ2v) is 4.74. The van der Waals surface area contributed by atoms with Gasteiger partial charge in [-0.3, -0.25) is 4.79 Å². The fourth-order valence-corrected chi connectivity index (χ4v) is 2.90. The average Bonchev–Trinajstić information content (AvgIpc) is 2.73. The van der Waals surface area contributed by atoms with Crippen LogP contribution in [0, 0.1) is 0 Å². The number of nitrogens with one attached hydrogen (secondary N) is 1. The Labute approximate surface area is 114 Å². The van der Waals surface area contributed by atoms with Gasteiger partial charge in [0.15, 0.2) is 0 Å². The highest BCUT2D eigenvalue weighted by atomic mass is 16.5. The summed E-state index contributed by atoms with van der Waals surface area (Å²) in [4.78, 5) is 23.5. The predicted octanol–water partition coefficient (Wildman–Crippen LogP) is 1.17. The van der Waals surface area contributed by atoms with Crippen molar-refractivity contribution in [3.8, 4) is 5.75 Å². The first kappa shape index (κ1) is 12.5. The fraction of sp³-hybridized carbons (Fsp3) is 0.286. The summed E-state index contributed by atoms with van der Waals surface area (Å²) in [6.07, 6.45) is 0.617. The molecule has 0 atom stereocenters. The Morgan fingerprint density at radius 3 is 2.85 bits per heavy atom. The fourth-order valence-electron chi connectivity index (χ4n) is 2.90. The molecule has 1 aromatic carbocycles. The van der Waals surface area contributed by atoms with Crippen LogP contribution in [0.1, 0.15) is 26.4 Å². The number of aromatic nitrogens is 1. The summed E-state index contributed by atoms with van der Waals surface area (Å²) in [6, 6.07) is 3.14. The van der Waals surface area contributed by atoms with Crippen molar-refractivity contribution in [2.24, 2.45) is 7.05 Å². The number of amides is 1. The number of aromatic carboxylic acids is 1. The van der Waals surface area contributed by atoms with Crippen LogP contribution in [-0.2, 0) is 13.5 Å². The van der Waals surface area contributed by atoms with Gasteiger partial charge < -0.3 is 19.7 Å². The molecule has 1 aliphatic rings. The van der Waals surface area contributed by atoms with Crippen LogP contribution in [0.3, 0.4) is 0 Å². The Hall–Kier alpha value is -2.50. The zero-order valence-corrected chi connectivity index (χ0v) is 11.2. The molecule has 0 unspecified atom stereocenters. The van der Waals surface area contributed by atoms with E-state index in [4.69, 9.17) is 4.74 Å². The van der Waals surface area contributed by atoms with Crippen LogP contribution >= 0.6 is 0 Å². The third kappa shape index (κ3) is 1.51. The van der Waals surface area contributed by atoms with Gasteiger partial charge in [0.1, 0.15) is 11.4 Å². The average molecular weight is 274 g/mol. The minimum absolute atomic E-state index is 0.177. The lowest BCUT2D eigenvalue weighted by atomic mass is 10.00. The van der Waals surface area contributed by atoms with E-state index in [-0.39, 0.29) is 11.5 Å². The number of nitrogens with zero attached hydrogens (tertiary/aromatic N) is 1. The van der Waals surface area contributed by atoms with Gasteiger partial charge >= 0.3 is 5.97 Å². The van der Waals surface area contributed by atoms with E-state index in [1.54, 1.807) is 17.7 Å².